The molecular formula is C11H13N3O3S. The van der Waals surface area contributed by atoms with Crippen LogP contribution in [0.4, 0.5) is 0 Å². The zero-order chi connectivity index (χ0) is 13.8. The SMILES string of the molecule is CNC(=O)CN(C)S(=O)(=O)c1ccc(C#N)cc1. The van der Waals surface area contributed by atoms with Crippen LogP contribution in [0.15, 0.2) is 29.2 Å². The molecule has 0 atom stereocenters. The van der Waals surface area contributed by atoms with Gasteiger partial charge in [0.1, 0.15) is 0 Å². The number of amides is 1. The molecule has 6 nitrogen and oxygen atoms in total. The van der Waals surface area contributed by atoms with Crippen molar-refractivity contribution in [3.8, 4) is 6.07 Å². The van der Waals surface area contributed by atoms with Gasteiger partial charge in [-0.05, 0) is 24.3 Å². The van der Waals surface area contributed by atoms with E-state index in [1.807, 2.05) is 6.07 Å². The molecule has 0 aliphatic rings. The highest BCUT2D eigenvalue weighted by molar-refractivity contribution is 7.89. The van der Waals surface area contributed by atoms with Crippen molar-refractivity contribution in [1.29, 1.82) is 5.26 Å². The smallest absolute Gasteiger partial charge is 0.243 e. The quantitative estimate of drug-likeness (QED) is 0.826. The Kier molecular flexibility index (Phi) is 4.42. The Morgan fingerprint density at radius 2 is 1.94 bits per heavy atom. The summed E-state index contributed by atoms with van der Waals surface area (Å²) in [4.78, 5) is 11.2. The summed E-state index contributed by atoms with van der Waals surface area (Å²) in [5.41, 5.74) is 0.378. The predicted molar refractivity (Wildman–Crippen MR) is 65.0 cm³/mol. The molecule has 0 aliphatic carbocycles. The van der Waals surface area contributed by atoms with Crippen LogP contribution in [0.1, 0.15) is 5.56 Å². The maximum Gasteiger partial charge on any atom is 0.243 e. The minimum absolute atomic E-state index is 0.0490. The Morgan fingerprint density at radius 3 is 2.39 bits per heavy atom. The van der Waals surface area contributed by atoms with Gasteiger partial charge in [0.15, 0.2) is 0 Å². The third-order valence-electron chi connectivity index (χ3n) is 2.34. The van der Waals surface area contributed by atoms with Gasteiger partial charge in [0, 0.05) is 14.1 Å². The lowest BCUT2D eigenvalue weighted by atomic mass is 10.2. The van der Waals surface area contributed by atoms with Gasteiger partial charge in [-0.2, -0.15) is 9.57 Å². The van der Waals surface area contributed by atoms with Crippen molar-refractivity contribution in [2.24, 2.45) is 0 Å². The van der Waals surface area contributed by atoms with E-state index in [0.717, 1.165) is 4.31 Å². The van der Waals surface area contributed by atoms with Crippen LogP contribution >= 0.6 is 0 Å². The van der Waals surface area contributed by atoms with Crippen molar-refractivity contribution >= 4 is 15.9 Å². The fraction of sp³-hybridized carbons (Fsp3) is 0.273. The molecule has 0 unspecified atom stereocenters. The molecule has 0 aromatic heterocycles. The van der Waals surface area contributed by atoms with Crippen LogP contribution in [0.3, 0.4) is 0 Å². The molecule has 1 rings (SSSR count). The van der Waals surface area contributed by atoms with Crippen molar-refractivity contribution in [2.75, 3.05) is 20.6 Å². The number of carbonyl (C=O) groups is 1. The van der Waals surface area contributed by atoms with Crippen LogP contribution in [0.25, 0.3) is 0 Å². The highest BCUT2D eigenvalue weighted by atomic mass is 32.2. The first-order valence-corrected chi connectivity index (χ1v) is 6.53. The lowest BCUT2D eigenvalue weighted by Gasteiger charge is -2.16. The third-order valence-corrected chi connectivity index (χ3v) is 4.15. The van der Waals surface area contributed by atoms with Crippen molar-refractivity contribution in [3.05, 3.63) is 29.8 Å². The van der Waals surface area contributed by atoms with Crippen LogP contribution in [0, 0.1) is 11.3 Å². The topological polar surface area (TPSA) is 90.3 Å². The van der Waals surface area contributed by atoms with Gasteiger partial charge in [-0.3, -0.25) is 4.79 Å². The highest BCUT2D eigenvalue weighted by Gasteiger charge is 2.22. The molecule has 1 aromatic rings. The molecule has 0 heterocycles. The zero-order valence-electron chi connectivity index (χ0n) is 10.0. The van der Waals surface area contributed by atoms with Crippen molar-refractivity contribution < 1.29 is 13.2 Å². The summed E-state index contributed by atoms with van der Waals surface area (Å²) >= 11 is 0. The van der Waals surface area contributed by atoms with Crippen molar-refractivity contribution in [1.82, 2.24) is 9.62 Å². The van der Waals surface area contributed by atoms with Gasteiger partial charge in [0.05, 0.1) is 23.1 Å². The summed E-state index contributed by atoms with van der Waals surface area (Å²) in [5.74, 6) is -0.394. The molecule has 18 heavy (non-hydrogen) atoms. The first-order valence-electron chi connectivity index (χ1n) is 5.09. The number of sulfonamides is 1. The molecule has 1 amide bonds. The summed E-state index contributed by atoms with van der Waals surface area (Å²) in [6, 6.07) is 7.42. The summed E-state index contributed by atoms with van der Waals surface area (Å²) in [5, 5.41) is 11.0. The summed E-state index contributed by atoms with van der Waals surface area (Å²) < 4.78 is 25.0. The van der Waals surface area contributed by atoms with E-state index in [4.69, 9.17) is 5.26 Å². The van der Waals surface area contributed by atoms with E-state index in [9.17, 15) is 13.2 Å². The number of nitriles is 1. The Morgan fingerprint density at radius 1 is 1.39 bits per heavy atom. The van der Waals surface area contributed by atoms with Crippen LogP contribution in [-0.2, 0) is 14.8 Å². The molecule has 96 valence electrons. The molecule has 0 radical (unpaired) electrons. The number of hydrogen-bond acceptors (Lipinski definition) is 4. The Bertz CT molecular complexity index is 573. The van der Waals surface area contributed by atoms with Crippen LogP contribution in [0.2, 0.25) is 0 Å². The highest BCUT2D eigenvalue weighted by Crippen LogP contribution is 2.14. The number of carbonyl (C=O) groups excluding carboxylic acids is 1. The average Bonchev–Trinajstić information content (AvgIpc) is 2.38. The van der Waals surface area contributed by atoms with Crippen molar-refractivity contribution in [2.45, 2.75) is 4.90 Å². The molecule has 1 N–H and O–H groups in total. The molecule has 7 heteroatoms. The number of hydrogen-bond donors (Lipinski definition) is 1. The second-order valence-electron chi connectivity index (χ2n) is 3.57. The first-order chi connectivity index (χ1) is 8.41. The van der Waals surface area contributed by atoms with Gasteiger partial charge in [0.25, 0.3) is 0 Å². The monoisotopic (exact) mass is 267 g/mol. The Balaban J connectivity index is 2.98. The van der Waals surface area contributed by atoms with Gasteiger partial charge in [-0.15, -0.1) is 0 Å². The summed E-state index contributed by atoms with van der Waals surface area (Å²) in [6.45, 7) is -0.251. The average molecular weight is 267 g/mol. The van der Waals surface area contributed by atoms with Gasteiger partial charge in [-0.25, -0.2) is 8.42 Å². The zero-order valence-corrected chi connectivity index (χ0v) is 10.9. The normalized spacial score (nSPS) is 11.0. The van der Waals surface area contributed by atoms with Crippen LogP contribution in [-0.4, -0.2) is 39.3 Å². The largest absolute Gasteiger partial charge is 0.358 e. The summed E-state index contributed by atoms with van der Waals surface area (Å²) in [6.07, 6.45) is 0. The second kappa shape index (κ2) is 5.62. The third kappa shape index (κ3) is 3.06. The molecular weight excluding hydrogens is 254 g/mol. The van der Waals surface area contributed by atoms with Crippen LogP contribution < -0.4 is 5.32 Å². The maximum absolute atomic E-state index is 12.0. The number of nitrogens with zero attached hydrogens (tertiary/aromatic N) is 2. The summed E-state index contributed by atoms with van der Waals surface area (Å²) in [7, 11) is -0.949. The van der Waals surface area contributed by atoms with Crippen molar-refractivity contribution in [3.63, 3.8) is 0 Å². The van der Waals surface area contributed by atoms with Crippen LogP contribution in [0.5, 0.6) is 0 Å². The van der Waals surface area contributed by atoms with E-state index in [2.05, 4.69) is 5.32 Å². The minimum atomic E-state index is -3.71. The van der Waals surface area contributed by atoms with E-state index in [1.165, 1.54) is 38.4 Å². The van der Waals surface area contributed by atoms with E-state index in [-0.39, 0.29) is 11.4 Å². The van der Waals surface area contributed by atoms with Gasteiger partial charge in [0.2, 0.25) is 15.9 Å². The first kappa shape index (κ1) is 14.2. The maximum atomic E-state index is 12.0. The lowest BCUT2D eigenvalue weighted by molar-refractivity contribution is -0.120. The molecule has 0 saturated carbocycles. The minimum Gasteiger partial charge on any atom is -0.358 e. The molecule has 0 bridgehead atoms. The number of rotatable bonds is 4. The Labute approximate surface area is 106 Å². The predicted octanol–water partition coefficient (Wildman–Crippen LogP) is -0.0752. The van der Waals surface area contributed by atoms with E-state index in [1.54, 1.807) is 0 Å². The van der Waals surface area contributed by atoms with Gasteiger partial charge >= 0.3 is 0 Å². The lowest BCUT2D eigenvalue weighted by Crippen LogP contribution is -2.36. The second-order valence-corrected chi connectivity index (χ2v) is 5.62. The fourth-order valence-corrected chi connectivity index (χ4v) is 2.37. The van der Waals surface area contributed by atoms with Gasteiger partial charge < -0.3 is 5.32 Å². The standard InChI is InChI=1S/C11H13N3O3S/c1-13-11(15)8-14(2)18(16,17)10-5-3-9(7-12)4-6-10/h3-6H,8H2,1-2H3,(H,13,15). The molecule has 0 fully saturated rings. The molecule has 0 aliphatic heterocycles. The number of likely N-dealkylation sites (N-methyl/N-ethyl adjacent to an activating group) is 2. The molecule has 0 spiro atoms. The molecule has 1 aromatic carbocycles. The van der Waals surface area contributed by atoms with E-state index in [0.29, 0.717) is 5.56 Å². The van der Waals surface area contributed by atoms with Gasteiger partial charge in [-0.1, -0.05) is 0 Å². The number of benzene rings is 1. The number of nitrogens with one attached hydrogen (secondary N) is 1. The molecule has 0 saturated heterocycles. The Hall–Kier alpha value is -1.91. The fourth-order valence-electron chi connectivity index (χ4n) is 1.25. The van der Waals surface area contributed by atoms with E-state index >= 15 is 0 Å². The van der Waals surface area contributed by atoms with E-state index < -0.39 is 15.9 Å².